The van der Waals surface area contributed by atoms with Crippen molar-refractivity contribution < 1.29 is 9.53 Å². The van der Waals surface area contributed by atoms with E-state index in [4.69, 9.17) is 10.00 Å². The summed E-state index contributed by atoms with van der Waals surface area (Å²) in [4.78, 5) is 16.6. The first-order valence-corrected chi connectivity index (χ1v) is 8.38. The van der Waals surface area contributed by atoms with Gasteiger partial charge in [-0.2, -0.15) is 5.26 Å². The third kappa shape index (κ3) is 3.98. The van der Waals surface area contributed by atoms with Crippen LogP contribution < -0.4 is 9.64 Å². The second-order valence-corrected chi connectivity index (χ2v) is 6.10. The van der Waals surface area contributed by atoms with Crippen LogP contribution in [0.3, 0.4) is 0 Å². The number of amides is 1. The lowest BCUT2D eigenvalue weighted by atomic mass is 10.2. The first-order valence-electron chi connectivity index (χ1n) is 8.38. The van der Waals surface area contributed by atoms with Crippen molar-refractivity contribution in [1.29, 1.82) is 5.26 Å². The van der Waals surface area contributed by atoms with Crippen LogP contribution in [-0.2, 0) is 4.79 Å². The van der Waals surface area contributed by atoms with Gasteiger partial charge >= 0.3 is 0 Å². The monoisotopic (exact) mass is 335 g/mol. The van der Waals surface area contributed by atoms with Crippen molar-refractivity contribution in [2.75, 3.05) is 31.6 Å². The summed E-state index contributed by atoms with van der Waals surface area (Å²) in [6, 6.07) is 18.8. The minimum absolute atomic E-state index is 0.104. The van der Waals surface area contributed by atoms with E-state index in [1.165, 1.54) is 0 Å². The van der Waals surface area contributed by atoms with Gasteiger partial charge in [0.2, 0.25) is 5.91 Å². The lowest BCUT2D eigenvalue weighted by Crippen LogP contribution is -2.41. The smallest absolute Gasteiger partial charge is 0.244 e. The molecule has 2 aromatic carbocycles. The molecule has 5 nitrogen and oxygen atoms in total. The Balaban J connectivity index is 1.54. The molecule has 1 saturated heterocycles. The van der Waals surface area contributed by atoms with E-state index < -0.39 is 0 Å². The fourth-order valence-electron chi connectivity index (χ4n) is 3.03. The Labute approximate surface area is 148 Å². The highest BCUT2D eigenvalue weighted by molar-refractivity contribution is 5.99. The summed E-state index contributed by atoms with van der Waals surface area (Å²) in [7, 11) is 1.96. The van der Waals surface area contributed by atoms with Crippen LogP contribution >= 0.6 is 0 Å². The lowest BCUT2D eigenvalue weighted by molar-refractivity contribution is -0.121. The van der Waals surface area contributed by atoms with Gasteiger partial charge in [-0.3, -0.25) is 9.69 Å². The van der Waals surface area contributed by atoms with Crippen LogP contribution in [0.15, 0.2) is 54.6 Å². The van der Waals surface area contributed by atoms with Gasteiger partial charge in [0.25, 0.3) is 0 Å². The molecule has 0 N–H and O–H groups in total. The summed E-state index contributed by atoms with van der Waals surface area (Å²) < 4.78 is 5.71. The summed E-state index contributed by atoms with van der Waals surface area (Å²) in [6.07, 6.45) is 0.792. The zero-order chi connectivity index (χ0) is 17.6. The zero-order valence-corrected chi connectivity index (χ0v) is 14.3. The first kappa shape index (κ1) is 17.0. The fourth-order valence-corrected chi connectivity index (χ4v) is 3.03. The maximum Gasteiger partial charge on any atom is 0.244 e. The number of hydrogen-bond acceptors (Lipinski definition) is 4. The SMILES string of the molecule is CN(CCOc1ccccc1)C1CCN(c2ccc(C#N)cc2)C1=O. The molecule has 0 saturated carbocycles. The van der Waals surface area contributed by atoms with Crippen molar-refractivity contribution in [2.24, 2.45) is 0 Å². The Kier molecular flexibility index (Phi) is 5.32. The maximum atomic E-state index is 12.7. The molecule has 1 unspecified atom stereocenters. The Morgan fingerprint density at radius 2 is 1.92 bits per heavy atom. The molecule has 1 aliphatic heterocycles. The van der Waals surface area contributed by atoms with Gasteiger partial charge in [0.15, 0.2) is 0 Å². The van der Waals surface area contributed by atoms with Gasteiger partial charge in [0, 0.05) is 18.8 Å². The molecule has 3 rings (SSSR count). The molecular formula is C20H21N3O2. The molecule has 1 heterocycles. The number of likely N-dealkylation sites (N-methyl/N-ethyl adjacent to an activating group) is 1. The number of hydrogen-bond donors (Lipinski definition) is 0. The van der Waals surface area contributed by atoms with Gasteiger partial charge in [-0.15, -0.1) is 0 Å². The van der Waals surface area contributed by atoms with E-state index in [1.807, 2.05) is 49.5 Å². The standard InChI is InChI=1S/C20H21N3O2/c1-22(13-14-25-18-5-3-2-4-6-18)19-11-12-23(20(19)24)17-9-7-16(15-21)8-10-17/h2-10,19H,11-14H2,1H3. The third-order valence-corrected chi connectivity index (χ3v) is 4.47. The van der Waals surface area contributed by atoms with E-state index in [2.05, 4.69) is 11.0 Å². The molecule has 0 aromatic heterocycles. The molecule has 0 bridgehead atoms. The zero-order valence-electron chi connectivity index (χ0n) is 14.3. The van der Waals surface area contributed by atoms with Crippen LogP contribution in [0.25, 0.3) is 0 Å². The topological polar surface area (TPSA) is 56.6 Å². The summed E-state index contributed by atoms with van der Waals surface area (Å²) in [5.74, 6) is 0.944. The Bertz CT molecular complexity index is 753. The van der Waals surface area contributed by atoms with E-state index >= 15 is 0 Å². The number of ether oxygens (including phenoxy) is 1. The molecule has 0 spiro atoms. The summed E-state index contributed by atoms with van der Waals surface area (Å²) >= 11 is 0. The average Bonchev–Trinajstić information content (AvgIpc) is 3.04. The molecule has 0 aliphatic carbocycles. The highest BCUT2D eigenvalue weighted by Crippen LogP contribution is 2.24. The van der Waals surface area contributed by atoms with E-state index in [0.29, 0.717) is 25.3 Å². The Morgan fingerprint density at radius 1 is 1.20 bits per heavy atom. The number of carbonyl (C=O) groups excluding carboxylic acids is 1. The second kappa shape index (κ2) is 7.82. The predicted octanol–water partition coefficient (Wildman–Crippen LogP) is 2.67. The van der Waals surface area contributed by atoms with Crippen molar-refractivity contribution in [1.82, 2.24) is 4.90 Å². The van der Waals surface area contributed by atoms with Crippen molar-refractivity contribution in [3.8, 4) is 11.8 Å². The largest absolute Gasteiger partial charge is 0.492 e. The molecule has 1 atom stereocenters. The minimum Gasteiger partial charge on any atom is -0.492 e. The first-order chi connectivity index (χ1) is 12.2. The number of carbonyl (C=O) groups is 1. The van der Waals surface area contributed by atoms with Crippen molar-refractivity contribution >= 4 is 11.6 Å². The number of rotatable bonds is 6. The number of benzene rings is 2. The van der Waals surface area contributed by atoms with E-state index in [0.717, 1.165) is 17.9 Å². The van der Waals surface area contributed by atoms with Gasteiger partial charge < -0.3 is 9.64 Å². The number of nitriles is 1. The molecule has 1 fully saturated rings. The average molecular weight is 335 g/mol. The molecule has 25 heavy (non-hydrogen) atoms. The second-order valence-electron chi connectivity index (χ2n) is 6.10. The lowest BCUT2D eigenvalue weighted by Gasteiger charge is -2.23. The van der Waals surface area contributed by atoms with Crippen LogP contribution in [0.2, 0.25) is 0 Å². The highest BCUT2D eigenvalue weighted by Gasteiger charge is 2.35. The quantitative estimate of drug-likeness (QED) is 0.814. The van der Waals surface area contributed by atoms with Crippen molar-refractivity contribution in [2.45, 2.75) is 12.5 Å². The van der Waals surface area contributed by atoms with Crippen LogP contribution in [0.1, 0.15) is 12.0 Å². The third-order valence-electron chi connectivity index (χ3n) is 4.47. The normalized spacial score (nSPS) is 16.9. The summed E-state index contributed by atoms with van der Waals surface area (Å²) in [5, 5.41) is 8.88. The molecule has 128 valence electrons. The number of anilines is 1. The Hall–Kier alpha value is -2.84. The van der Waals surface area contributed by atoms with Gasteiger partial charge in [0.1, 0.15) is 12.4 Å². The predicted molar refractivity (Wildman–Crippen MR) is 96.5 cm³/mol. The molecular weight excluding hydrogens is 314 g/mol. The minimum atomic E-state index is -0.130. The van der Waals surface area contributed by atoms with Gasteiger partial charge in [-0.05, 0) is 49.9 Å². The van der Waals surface area contributed by atoms with Crippen molar-refractivity contribution in [3.63, 3.8) is 0 Å². The fraction of sp³-hybridized carbons (Fsp3) is 0.300. The summed E-state index contributed by atoms with van der Waals surface area (Å²) in [6.45, 7) is 1.92. The maximum absolute atomic E-state index is 12.7. The van der Waals surface area contributed by atoms with Crippen LogP contribution in [0.4, 0.5) is 5.69 Å². The number of nitrogens with zero attached hydrogens (tertiary/aromatic N) is 3. The number of para-hydroxylation sites is 1. The van der Waals surface area contributed by atoms with Gasteiger partial charge in [-0.25, -0.2) is 0 Å². The van der Waals surface area contributed by atoms with E-state index in [-0.39, 0.29) is 11.9 Å². The Morgan fingerprint density at radius 3 is 2.60 bits per heavy atom. The molecule has 0 radical (unpaired) electrons. The van der Waals surface area contributed by atoms with Crippen LogP contribution in [-0.4, -0.2) is 43.6 Å². The van der Waals surface area contributed by atoms with Crippen LogP contribution in [0, 0.1) is 11.3 Å². The van der Waals surface area contributed by atoms with E-state index in [1.54, 1.807) is 17.0 Å². The molecule has 1 aliphatic rings. The van der Waals surface area contributed by atoms with Crippen LogP contribution in [0.5, 0.6) is 5.75 Å². The summed E-state index contributed by atoms with van der Waals surface area (Å²) in [5.41, 5.74) is 1.45. The van der Waals surface area contributed by atoms with Gasteiger partial charge in [0.05, 0.1) is 17.7 Å². The molecule has 5 heteroatoms. The van der Waals surface area contributed by atoms with Gasteiger partial charge in [-0.1, -0.05) is 18.2 Å². The van der Waals surface area contributed by atoms with Crippen molar-refractivity contribution in [3.05, 3.63) is 60.2 Å². The highest BCUT2D eigenvalue weighted by atomic mass is 16.5. The molecule has 2 aromatic rings. The molecule has 1 amide bonds. The van der Waals surface area contributed by atoms with E-state index in [9.17, 15) is 4.79 Å².